The van der Waals surface area contributed by atoms with Crippen molar-refractivity contribution in [1.82, 2.24) is 0 Å². The molecule has 0 aliphatic heterocycles. The van der Waals surface area contributed by atoms with Crippen LogP contribution in [-0.4, -0.2) is 21.5 Å². The number of thioether (sulfide) groups is 1. The highest BCUT2D eigenvalue weighted by molar-refractivity contribution is 8.00. The predicted octanol–water partition coefficient (Wildman–Crippen LogP) is 4.17. The van der Waals surface area contributed by atoms with Crippen molar-refractivity contribution in [2.75, 3.05) is 0 Å². The minimum absolute atomic E-state index is 0.00265. The molecule has 96 valence electrons. The molecule has 0 amide bonds. The molecule has 7 heteroatoms. The van der Waals surface area contributed by atoms with Crippen LogP contribution < -0.4 is 0 Å². The number of rotatable bonds is 5. The lowest BCUT2D eigenvalue weighted by molar-refractivity contribution is -0.136. The first-order valence-electron chi connectivity index (χ1n) is 4.96. The molecule has 0 aliphatic carbocycles. The average molecular weight is 306 g/mol. The van der Waals surface area contributed by atoms with Gasteiger partial charge in [0, 0.05) is 4.90 Å². The number of hydrogen-bond donors (Lipinski definition) is 1. The SMILES string of the molecule is CCC(Sc1cc(N=C=S)c(F)cc1Cl)C(=O)O. The van der Waals surface area contributed by atoms with Crippen molar-refractivity contribution in [1.29, 1.82) is 0 Å². The number of hydrogen-bond acceptors (Lipinski definition) is 4. The molecule has 18 heavy (non-hydrogen) atoms. The molecule has 0 saturated carbocycles. The number of aliphatic imine (C=N–C) groups is 1. The third-order valence-electron chi connectivity index (χ3n) is 2.08. The van der Waals surface area contributed by atoms with Crippen LogP contribution in [0.4, 0.5) is 10.1 Å². The van der Waals surface area contributed by atoms with E-state index in [2.05, 4.69) is 22.4 Å². The second-order valence-electron chi connectivity index (χ2n) is 3.29. The van der Waals surface area contributed by atoms with Gasteiger partial charge in [-0.1, -0.05) is 18.5 Å². The predicted molar refractivity (Wildman–Crippen MR) is 73.7 cm³/mol. The lowest BCUT2D eigenvalue weighted by atomic mass is 10.3. The lowest BCUT2D eigenvalue weighted by Crippen LogP contribution is -2.14. The molecule has 0 aliphatic rings. The third kappa shape index (κ3) is 3.78. The van der Waals surface area contributed by atoms with E-state index in [1.807, 2.05) is 0 Å². The van der Waals surface area contributed by atoms with Gasteiger partial charge < -0.3 is 5.11 Å². The van der Waals surface area contributed by atoms with Gasteiger partial charge >= 0.3 is 5.97 Å². The molecule has 0 spiro atoms. The summed E-state index contributed by atoms with van der Waals surface area (Å²) in [5.41, 5.74) is -0.00265. The van der Waals surface area contributed by atoms with Gasteiger partial charge in [0.25, 0.3) is 0 Å². The van der Waals surface area contributed by atoms with Crippen LogP contribution in [0.25, 0.3) is 0 Å². The zero-order valence-corrected chi connectivity index (χ0v) is 11.7. The molecule has 0 radical (unpaired) electrons. The monoisotopic (exact) mass is 305 g/mol. The minimum Gasteiger partial charge on any atom is -0.480 e. The summed E-state index contributed by atoms with van der Waals surface area (Å²) in [4.78, 5) is 14.9. The fourth-order valence-corrected chi connectivity index (χ4v) is 2.51. The van der Waals surface area contributed by atoms with Crippen molar-refractivity contribution in [2.45, 2.75) is 23.5 Å². The molecule has 0 aromatic heterocycles. The van der Waals surface area contributed by atoms with Gasteiger partial charge in [-0.05, 0) is 30.8 Å². The van der Waals surface area contributed by atoms with Crippen molar-refractivity contribution in [3.63, 3.8) is 0 Å². The molecular weight excluding hydrogens is 297 g/mol. The summed E-state index contributed by atoms with van der Waals surface area (Å²) in [5, 5.41) is 10.5. The molecule has 0 bridgehead atoms. The molecule has 1 aromatic carbocycles. The maximum atomic E-state index is 13.4. The lowest BCUT2D eigenvalue weighted by Gasteiger charge is -2.11. The topological polar surface area (TPSA) is 49.7 Å². The van der Waals surface area contributed by atoms with Gasteiger partial charge in [-0.15, -0.1) is 11.8 Å². The number of carbonyl (C=O) groups is 1. The molecule has 1 N–H and O–H groups in total. The molecular formula is C11H9ClFNO2S2. The van der Waals surface area contributed by atoms with Crippen LogP contribution in [0.2, 0.25) is 5.02 Å². The van der Waals surface area contributed by atoms with Crippen LogP contribution in [-0.2, 0) is 4.79 Å². The Morgan fingerprint density at radius 1 is 1.72 bits per heavy atom. The Bertz CT molecular complexity index is 518. The first-order chi connectivity index (χ1) is 8.49. The van der Waals surface area contributed by atoms with Crippen molar-refractivity contribution in [3.8, 4) is 0 Å². The van der Waals surface area contributed by atoms with Gasteiger partial charge in [-0.25, -0.2) is 4.39 Å². The highest BCUT2D eigenvalue weighted by Crippen LogP contribution is 2.36. The second kappa shape index (κ2) is 6.85. The Balaban J connectivity index is 3.12. The van der Waals surface area contributed by atoms with Crippen LogP contribution in [0, 0.1) is 5.82 Å². The number of isothiocyanates is 1. The van der Waals surface area contributed by atoms with Gasteiger partial charge in [0.05, 0.1) is 10.2 Å². The van der Waals surface area contributed by atoms with Crippen molar-refractivity contribution >= 4 is 52.4 Å². The van der Waals surface area contributed by atoms with E-state index in [4.69, 9.17) is 16.7 Å². The molecule has 0 heterocycles. The summed E-state index contributed by atoms with van der Waals surface area (Å²) in [6.07, 6.45) is 0.430. The van der Waals surface area contributed by atoms with E-state index >= 15 is 0 Å². The molecule has 1 unspecified atom stereocenters. The summed E-state index contributed by atoms with van der Waals surface area (Å²) < 4.78 is 13.4. The largest absolute Gasteiger partial charge is 0.480 e. The number of thiocarbonyl (C=S) groups is 1. The number of benzene rings is 1. The van der Waals surface area contributed by atoms with E-state index in [0.29, 0.717) is 11.3 Å². The third-order valence-corrected chi connectivity index (χ3v) is 4.01. The summed E-state index contributed by atoms with van der Waals surface area (Å²) in [5.74, 6) is -1.56. The van der Waals surface area contributed by atoms with E-state index in [1.54, 1.807) is 6.92 Å². The molecule has 1 atom stereocenters. The maximum absolute atomic E-state index is 13.4. The van der Waals surface area contributed by atoms with Crippen LogP contribution in [0.15, 0.2) is 22.0 Å². The zero-order chi connectivity index (χ0) is 13.7. The van der Waals surface area contributed by atoms with E-state index in [0.717, 1.165) is 17.8 Å². The average Bonchev–Trinajstić information content (AvgIpc) is 2.30. The summed E-state index contributed by atoms with van der Waals surface area (Å²) in [6, 6.07) is 2.46. The normalized spacial score (nSPS) is 11.7. The van der Waals surface area contributed by atoms with Gasteiger partial charge in [-0.3, -0.25) is 4.79 Å². The van der Waals surface area contributed by atoms with E-state index in [1.165, 1.54) is 6.07 Å². The molecule has 1 rings (SSSR count). The summed E-state index contributed by atoms with van der Waals surface area (Å²) in [7, 11) is 0. The van der Waals surface area contributed by atoms with Crippen LogP contribution in [0.5, 0.6) is 0 Å². The zero-order valence-electron chi connectivity index (χ0n) is 9.31. The van der Waals surface area contributed by atoms with Crippen LogP contribution in [0.1, 0.15) is 13.3 Å². The molecule has 3 nitrogen and oxygen atoms in total. The number of aliphatic carboxylic acids is 1. The van der Waals surface area contributed by atoms with Gasteiger partial charge in [0.15, 0.2) is 5.82 Å². The highest BCUT2D eigenvalue weighted by atomic mass is 35.5. The van der Waals surface area contributed by atoms with Crippen molar-refractivity contribution < 1.29 is 14.3 Å². The Hall–Kier alpha value is -0.940. The van der Waals surface area contributed by atoms with Crippen molar-refractivity contribution in [2.24, 2.45) is 4.99 Å². The Morgan fingerprint density at radius 3 is 2.89 bits per heavy atom. The second-order valence-corrected chi connectivity index (χ2v) is 5.12. The standard InChI is InChI=1S/C11H9ClFNO2S2/c1-2-9(11(15)16)18-10-4-8(14-5-17)7(13)3-6(10)12/h3-4,9H,2H2,1H3,(H,15,16). The fraction of sp³-hybridized carbons (Fsp3) is 0.273. The number of carboxylic acids is 1. The first-order valence-corrected chi connectivity index (χ1v) is 6.62. The quantitative estimate of drug-likeness (QED) is 0.504. The van der Waals surface area contributed by atoms with E-state index in [9.17, 15) is 9.18 Å². The Kier molecular flexibility index (Phi) is 5.75. The minimum atomic E-state index is -0.942. The van der Waals surface area contributed by atoms with Gasteiger partial charge in [-0.2, -0.15) is 4.99 Å². The van der Waals surface area contributed by atoms with Crippen molar-refractivity contribution in [3.05, 3.63) is 23.0 Å². The van der Waals surface area contributed by atoms with Gasteiger partial charge in [0.2, 0.25) is 0 Å². The number of carboxylic acid groups (broad SMARTS) is 1. The van der Waals surface area contributed by atoms with Gasteiger partial charge in [0.1, 0.15) is 10.9 Å². The summed E-state index contributed by atoms with van der Waals surface area (Å²) >= 11 is 11.3. The maximum Gasteiger partial charge on any atom is 0.316 e. The Morgan fingerprint density at radius 2 is 2.39 bits per heavy atom. The highest BCUT2D eigenvalue weighted by Gasteiger charge is 2.19. The summed E-state index contributed by atoms with van der Waals surface area (Å²) in [6.45, 7) is 1.75. The van der Waals surface area contributed by atoms with E-state index < -0.39 is 17.0 Å². The molecule has 0 saturated heterocycles. The molecule has 1 aromatic rings. The Labute approximate surface area is 118 Å². The number of nitrogens with zero attached hydrogens (tertiary/aromatic N) is 1. The smallest absolute Gasteiger partial charge is 0.316 e. The first kappa shape index (κ1) is 15.1. The van der Waals surface area contributed by atoms with E-state index in [-0.39, 0.29) is 10.7 Å². The fourth-order valence-electron chi connectivity index (χ4n) is 1.21. The molecule has 0 fully saturated rings. The van der Waals surface area contributed by atoms with Crippen LogP contribution >= 0.6 is 35.6 Å². The van der Waals surface area contributed by atoms with Crippen LogP contribution in [0.3, 0.4) is 0 Å². The number of halogens is 2.